The number of aromatic nitrogens is 6. The van der Waals surface area contributed by atoms with Crippen LogP contribution in [0, 0.1) is 0 Å². The maximum absolute atomic E-state index is 10.7. The second-order valence-electron chi connectivity index (χ2n) is 5.25. The van der Waals surface area contributed by atoms with Gasteiger partial charge in [-0.05, 0) is 12.1 Å². The lowest BCUT2D eigenvalue weighted by molar-refractivity contribution is 0.470. The van der Waals surface area contributed by atoms with Crippen molar-refractivity contribution >= 4 is 42.3 Å². The zero-order valence-corrected chi connectivity index (χ0v) is 15.0. The molecule has 2 aromatic heterocycles. The fourth-order valence-corrected chi connectivity index (χ4v) is 3.18. The average Bonchev–Trinajstić information content (AvgIpc) is 3.22. The van der Waals surface area contributed by atoms with Gasteiger partial charge in [-0.15, -0.1) is 10.2 Å². The molecule has 0 saturated carbocycles. The monoisotopic (exact) mass is 430 g/mol. The smallest absolute Gasteiger partial charge is 0.294 e. The average molecular weight is 430 g/mol. The van der Waals surface area contributed by atoms with Crippen LogP contribution < -0.4 is 0 Å². The van der Waals surface area contributed by atoms with Crippen molar-refractivity contribution in [2.45, 2.75) is 9.79 Å². The highest BCUT2D eigenvalue weighted by atomic mass is 32.2. The summed E-state index contributed by atoms with van der Waals surface area (Å²) in [5.74, 6) is -0.715. The topological polar surface area (TPSA) is 232 Å². The third-order valence-electron chi connectivity index (χ3n) is 3.36. The highest BCUT2D eigenvalue weighted by molar-refractivity contribution is 7.86. The van der Waals surface area contributed by atoms with E-state index in [2.05, 4.69) is 30.8 Å². The van der Waals surface area contributed by atoms with E-state index in [9.17, 15) is 27.0 Å². The molecule has 0 saturated heterocycles. The van der Waals surface area contributed by atoms with Crippen LogP contribution in [0.2, 0.25) is 0 Å². The molecule has 0 bridgehead atoms. The van der Waals surface area contributed by atoms with Gasteiger partial charge in [0.25, 0.3) is 20.2 Å². The normalized spacial score (nSPS) is 12.1. The van der Waals surface area contributed by atoms with Crippen molar-refractivity contribution < 1.29 is 36.2 Å². The molecule has 4 aromatic rings. The van der Waals surface area contributed by atoms with E-state index in [1.54, 1.807) is 0 Å². The number of hydrogen-bond donors (Lipinski definition) is 6. The van der Waals surface area contributed by atoms with Crippen LogP contribution in [-0.4, -0.2) is 67.0 Å². The van der Waals surface area contributed by atoms with E-state index >= 15 is 0 Å². The minimum atomic E-state index is -4.33. The maximum Gasteiger partial charge on any atom is 0.294 e. The van der Waals surface area contributed by atoms with Crippen molar-refractivity contribution in [2.75, 3.05) is 0 Å². The number of nitrogens with zero attached hydrogens (tertiary/aromatic N) is 4. The molecule has 2 aromatic carbocycles. The summed E-state index contributed by atoms with van der Waals surface area (Å²) < 4.78 is 60.4. The van der Waals surface area contributed by atoms with E-state index < -0.39 is 30.0 Å². The Morgan fingerprint density at radius 1 is 0.679 bits per heavy atom. The van der Waals surface area contributed by atoms with Gasteiger partial charge in [-0.25, -0.2) is 0 Å². The number of hydrogen-bond acceptors (Lipinski definition) is 10. The Morgan fingerprint density at radius 3 is 1.36 bits per heavy atom. The molecule has 0 aliphatic rings. The summed E-state index contributed by atoms with van der Waals surface area (Å²) in [5.41, 5.74) is 0.769. The van der Waals surface area contributed by atoms with Crippen LogP contribution in [0.15, 0.2) is 34.1 Å². The zero-order valence-electron chi connectivity index (χ0n) is 13.3. The quantitative estimate of drug-likeness (QED) is 0.227. The first-order chi connectivity index (χ1) is 13.0. The van der Waals surface area contributed by atoms with Crippen LogP contribution in [0.1, 0.15) is 0 Å². The Hall–Kier alpha value is -3.34. The van der Waals surface area contributed by atoms with E-state index in [4.69, 9.17) is 9.11 Å². The van der Waals surface area contributed by atoms with Crippen molar-refractivity contribution in [2.24, 2.45) is 0 Å². The predicted octanol–water partition coefficient (Wildman–Crippen LogP) is -0.180. The summed E-state index contributed by atoms with van der Waals surface area (Å²) in [7, 11) is -8.66. The Balaban J connectivity index is 0.000000161. The molecule has 4 rings (SSSR count). The van der Waals surface area contributed by atoms with E-state index in [0.29, 0.717) is 0 Å². The molecular formula is C12H10N6O8S2. The van der Waals surface area contributed by atoms with Gasteiger partial charge in [0, 0.05) is 12.1 Å². The van der Waals surface area contributed by atoms with Crippen LogP contribution in [0.4, 0.5) is 0 Å². The first kappa shape index (κ1) is 19.4. The number of fused-ring (bicyclic) bond motifs is 2. The Morgan fingerprint density at radius 2 is 1.04 bits per heavy atom. The summed E-state index contributed by atoms with van der Waals surface area (Å²) in [4.78, 5) is -0.817. The third kappa shape index (κ3) is 3.83. The fourth-order valence-electron chi connectivity index (χ4n) is 2.12. The number of rotatable bonds is 2. The first-order valence-electron chi connectivity index (χ1n) is 6.99. The molecule has 28 heavy (non-hydrogen) atoms. The molecule has 0 fully saturated rings. The van der Waals surface area contributed by atoms with Gasteiger partial charge >= 0.3 is 0 Å². The summed E-state index contributed by atoms with van der Waals surface area (Å²) in [5, 5.41) is 37.1. The highest BCUT2D eigenvalue weighted by Gasteiger charge is 2.15. The molecule has 0 radical (unpaired) electrons. The van der Waals surface area contributed by atoms with Gasteiger partial charge in [0.1, 0.15) is 11.5 Å². The number of H-pyrrole nitrogens is 2. The lowest BCUT2D eigenvalue weighted by atomic mass is 10.3. The van der Waals surface area contributed by atoms with Crippen LogP contribution in [0.3, 0.4) is 0 Å². The molecule has 6 N–H and O–H groups in total. The minimum absolute atomic E-state index is 0.150. The summed E-state index contributed by atoms with van der Waals surface area (Å²) in [6, 6.07) is 4.06. The number of phenolic OH excluding ortho intramolecular Hbond substituents is 2. The van der Waals surface area contributed by atoms with Crippen molar-refractivity contribution in [3.8, 4) is 11.5 Å². The fraction of sp³-hybridized carbons (Fsp3) is 0. The number of nitrogens with one attached hydrogen (secondary N) is 2. The minimum Gasteiger partial charge on any atom is -0.505 e. The van der Waals surface area contributed by atoms with Crippen LogP contribution in [0.5, 0.6) is 11.5 Å². The lowest BCUT2D eigenvalue weighted by Gasteiger charge is -1.97. The van der Waals surface area contributed by atoms with Gasteiger partial charge in [0.15, 0.2) is 11.0 Å². The predicted molar refractivity (Wildman–Crippen MR) is 90.7 cm³/mol. The molecular weight excluding hydrogens is 420 g/mol. The third-order valence-corrected chi connectivity index (χ3v) is 5.03. The Kier molecular flexibility index (Phi) is 4.63. The SMILES string of the molecule is O=S(=O)(O)c1cc(O)c2nn[nH]c2c1.O=S(=O)(O)c1cc(O)c2nn[nH]c2c1. The molecule has 0 amide bonds. The second-order valence-corrected chi connectivity index (χ2v) is 8.09. The Labute approximate surface area is 155 Å². The van der Waals surface area contributed by atoms with Crippen LogP contribution in [-0.2, 0) is 20.2 Å². The molecule has 0 aliphatic heterocycles. The first-order valence-corrected chi connectivity index (χ1v) is 9.87. The summed E-state index contributed by atoms with van der Waals surface area (Å²) in [6.45, 7) is 0. The summed E-state index contributed by atoms with van der Waals surface area (Å²) in [6.07, 6.45) is 0. The standard InChI is InChI=1S/2C6H5N3O4S/c2*10-5-2-3(14(11,12)13)1-4-6(5)8-9-7-4/h2*1-2,10H,(H,7,8,9)(H,11,12,13). The van der Waals surface area contributed by atoms with Gasteiger partial charge < -0.3 is 10.2 Å². The molecule has 0 atom stereocenters. The number of aromatic hydroxyl groups is 2. The van der Waals surface area contributed by atoms with Crippen molar-refractivity contribution in [1.29, 1.82) is 0 Å². The van der Waals surface area contributed by atoms with Crippen molar-refractivity contribution in [1.82, 2.24) is 30.8 Å². The maximum atomic E-state index is 10.7. The molecule has 0 unspecified atom stereocenters. The van der Waals surface area contributed by atoms with Crippen LogP contribution >= 0.6 is 0 Å². The number of phenols is 2. The van der Waals surface area contributed by atoms with E-state index in [0.717, 1.165) is 24.3 Å². The zero-order chi connectivity index (χ0) is 20.7. The Bertz CT molecular complexity index is 1280. The number of benzene rings is 2. The largest absolute Gasteiger partial charge is 0.505 e. The molecule has 16 heteroatoms. The molecule has 0 aliphatic carbocycles. The molecule has 148 valence electrons. The van der Waals surface area contributed by atoms with E-state index in [-0.39, 0.29) is 33.6 Å². The van der Waals surface area contributed by atoms with E-state index in [1.807, 2.05) is 0 Å². The molecule has 14 nitrogen and oxygen atoms in total. The van der Waals surface area contributed by atoms with E-state index in [1.165, 1.54) is 0 Å². The number of aromatic amines is 2. The summed E-state index contributed by atoms with van der Waals surface area (Å²) >= 11 is 0. The molecule has 2 heterocycles. The van der Waals surface area contributed by atoms with Crippen molar-refractivity contribution in [3.63, 3.8) is 0 Å². The van der Waals surface area contributed by atoms with Gasteiger partial charge in [-0.1, -0.05) is 10.4 Å². The van der Waals surface area contributed by atoms with Gasteiger partial charge in [-0.3, -0.25) is 19.3 Å². The second kappa shape index (κ2) is 6.68. The van der Waals surface area contributed by atoms with Gasteiger partial charge in [0.05, 0.1) is 20.8 Å². The lowest BCUT2D eigenvalue weighted by Crippen LogP contribution is -1.97. The van der Waals surface area contributed by atoms with Gasteiger partial charge in [0.2, 0.25) is 0 Å². The van der Waals surface area contributed by atoms with Crippen molar-refractivity contribution in [3.05, 3.63) is 24.3 Å². The highest BCUT2D eigenvalue weighted by Crippen LogP contribution is 2.25. The van der Waals surface area contributed by atoms with Crippen LogP contribution in [0.25, 0.3) is 22.1 Å². The molecule has 0 spiro atoms. The van der Waals surface area contributed by atoms with Gasteiger partial charge in [-0.2, -0.15) is 16.8 Å².